The Balaban J connectivity index is 0.00000200. The predicted octanol–water partition coefficient (Wildman–Crippen LogP) is 0.923. The van der Waals surface area contributed by atoms with Crippen LogP contribution in [-0.4, -0.2) is 49.4 Å². The molecule has 2 amide bonds. The van der Waals surface area contributed by atoms with Crippen LogP contribution in [0, 0.1) is 5.92 Å². The third kappa shape index (κ3) is 4.63. The molecule has 2 N–H and O–H groups in total. The molecule has 2 heterocycles. The normalized spacial score (nSPS) is 27.6. The predicted molar refractivity (Wildman–Crippen MR) is 80.9 cm³/mol. The fourth-order valence-electron chi connectivity index (χ4n) is 3.26. The number of halogens is 1. The lowest BCUT2D eigenvalue weighted by molar-refractivity contribution is -0.131. The third-order valence-electron chi connectivity index (χ3n) is 4.41. The highest BCUT2D eigenvalue weighted by atomic mass is 35.5. The summed E-state index contributed by atoms with van der Waals surface area (Å²) in [7, 11) is 3.41. The number of carbonyl (C=O) groups is 2. The molecule has 0 saturated carbocycles. The van der Waals surface area contributed by atoms with E-state index in [0.29, 0.717) is 37.4 Å². The summed E-state index contributed by atoms with van der Waals surface area (Å²) >= 11 is 0. The van der Waals surface area contributed by atoms with Crippen molar-refractivity contribution in [2.24, 2.45) is 5.92 Å². The number of hydrogen-bond acceptors (Lipinski definition) is 3. The number of hydrogen-bond donors (Lipinski definition) is 2. The summed E-state index contributed by atoms with van der Waals surface area (Å²) < 4.78 is 0. The molecule has 2 aliphatic rings. The van der Waals surface area contributed by atoms with E-state index >= 15 is 0 Å². The van der Waals surface area contributed by atoms with Crippen LogP contribution in [0.15, 0.2) is 0 Å². The monoisotopic (exact) mass is 303 g/mol. The minimum Gasteiger partial charge on any atom is -0.359 e. The van der Waals surface area contributed by atoms with Gasteiger partial charge in [0.2, 0.25) is 11.8 Å². The minimum atomic E-state index is -0.0143. The van der Waals surface area contributed by atoms with E-state index in [1.54, 1.807) is 19.0 Å². The zero-order valence-corrected chi connectivity index (χ0v) is 13.2. The Morgan fingerprint density at radius 2 is 1.85 bits per heavy atom. The fourth-order valence-corrected chi connectivity index (χ4v) is 3.26. The summed E-state index contributed by atoms with van der Waals surface area (Å²) in [5.41, 5.74) is 0. The summed E-state index contributed by atoms with van der Waals surface area (Å²) in [6.45, 7) is 0.510. The zero-order chi connectivity index (χ0) is 13.8. The van der Waals surface area contributed by atoms with Crippen molar-refractivity contribution in [3.8, 4) is 0 Å². The van der Waals surface area contributed by atoms with Gasteiger partial charge in [-0.25, -0.2) is 0 Å². The van der Waals surface area contributed by atoms with Crippen molar-refractivity contribution < 1.29 is 9.59 Å². The van der Waals surface area contributed by atoms with Gasteiger partial charge in [0.15, 0.2) is 0 Å². The van der Waals surface area contributed by atoms with Crippen LogP contribution in [0.5, 0.6) is 0 Å². The van der Waals surface area contributed by atoms with Gasteiger partial charge < -0.3 is 15.5 Å². The second-order valence-electron chi connectivity index (χ2n) is 5.92. The van der Waals surface area contributed by atoms with Crippen molar-refractivity contribution >= 4 is 24.2 Å². The van der Waals surface area contributed by atoms with Gasteiger partial charge in [-0.1, -0.05) is 0 Å². The Morgan fingerprint density at radius 3 is 2.40 bits per heavy atom. The molecule has 2 rings (SSSR count). The summed E-state index contributed by atoms with van der Waals surface area (Å²) in [5.74, 6) is 0.684. The first-order valence-electron chi connectivity index (χ1n) is 7.29. The van der Waals surface area contributed by atoms with Crippen molar-refractivity contribution in [3.63, 3.8) is 0 Å². The van der Waals surface area contributed by atoms with Gasteiger partial charge in [-0.05, 0) is 31.6 Å². The fraction of sp³-hybridized carbons (Fsp3) is 0.857. The van der Waals surface area contributed by atoms with Crippen LogP contribution in [0.4, 0.5) is 0 Å². The van der Waals surface area contributed by atoms with Gasteiger partial charge >= 0.3 is 0 Å². The maximum Gasteiger partial charge on any atom is 0.222 e. The molecule has 0 spiro atoms. The highest BCUT2D eigenvalue weighted by molar-refractivity contribution is 5.85. The quantitative estimate of drug-likeness (QED) is 0.794. The average molecular weight is 304 g/mol. The van der Waals surface area contributed by atoms with Crippen LogP contribution in [0.3, 0.4) is 0 Å². The standard InChI is InChI=1S/C14H25N3O2.ClH/c1-15-13(18)5-6-17(2)14(19)9-10-7-11-3-4-12(8-10)16-11;/h10-12,16H,3-9H2,1-2H3,(H,15,18);1H. The van der Waals surface area contributed by atoms with Gasteiger partial charge in [0.05, 0.1) is 0 Å². The lowest BCUT2D eigenvalue weighted by Gasteiger charge is -2.29. The number of amides is 2. The maximum atomic E-state index is 12.1. The van der Waals surface area contributed by atoms with Crippen LogP contribution in [0.1, 0.15) is 38.5 Å². The first-order valence-corrected chi connectivity index (χ1v) is 7.29. The Bertz CT molecular complexity index is 339. The van der Waals surface area contributed by atoms with Gasteiger partial charge in [-0.3, -0.25) is 9.59 Å². The lowest BCUT2D eigenvalue weighted by atomic mass is 9.89. The van der Waals surface area contributed by atoms with Gasteiger partial charge in [-0.15, -0.1) is 12.4 Å². The molecule has 0 aromatic carbocycles. The molecule has 6 heteroatoms. The molecule has 5 nitrogen and oxygen atoms in total. The highest BCUT2D eigenvalue weighted by Gasteiger charge is 2.34. The molecule has 2 bridgehead atoms. The van der Waals surface area contributed by atoms with Crippen molar-refractivity contribution in [2.45, 2.75) is 50.6 Å². The molecule has 2 fully saturated rings. The van der Waals surface area contributed by atoms with Crippen molar-refractivity contribution in [3.05, 3.63) is 0 Å². The van der Waals surface area contributed by atoms with Crippen LogP contribution in [-0.2, 0) is 9.59 Å². The van der Waals surface area contributed by atoms with Crippen LogP contribution in [0.2, 0.25) is 0 Å². The Morgan fingerprint density at radius 1 is 1.25 bits per heavy atom. The summed E-state index contributed by atoms with van der Waals surface area (Å²) in [6, 6.07) is 1.26. The summed E-state index contributed by atoms with van der Waals surface area (Å²) in [4.78, 5) is 25.0. The second-order valence-corrected chi connectivity index (χ2v) is 5.92. The SMILES string of the molecule is CNC(=O)CCN(C)C(=O)CC1CC2CCC(C1)N2.Cl. The minimum absolute atomic E-state index is 0. The molecule has 2 atom stereocenters. The Hall–Kier alpha value is -0.810. The van der Waals surface area contributed by atoms with Crippen molar-refractivity contribution in [2.75, 3.05) is 20.6 Å². The van der Waals surface area contributed by atoms with Gasteiger partial charge in [0.25, 0.3) is 0 Å². The van der Waals surface area contributed by atoms with E-state index in [1.807, 2.05) is 0 Å². The van der Waals surface area contributed by atoms with E-state index in [1.165, 1.54) is 12.8 Å². The molecule has 116 valence electrons. The number of nitrogens with one attached hydrogen (secondary N) is 2. The highest BCUT2D eigenvalue weighted by Crippen LogP contribution is 2.32. The van der Waals surface area contributed by atoms with E-state index in [-0.39, 0.29) is 24.2 Å². The van der Waals surface area contributed by atoms with Crippen molar-refractivity contribution in [1.29, 1.82) is 0 Å². The third-order valence-corrected chi connectivity index (χ3v) is 4.41. The Kier molecular flexibility index (Phi) is 6.76. The molecule has 0 radical (unpaired) electrons. The molecule has 2 aliphatic heterocycles. The Labute approximate surface area is 127 Å². The molecule has 0 aromatic heterocycles. The number of fused-ring (bicyclic) bond motifs is 2. The van der Waals surface area contributed by atoms with Crippen LogP contribution < -0.4 is 10.6 Å². The zero-order valence-electron chi connectivity index (χ0n) is 12.4. The van der Waals surface area contributed by atoms with E-state index in [4.69, 9.17) is 0 Å². The smallest absolute Gasteiger partial charge is 0.222 e. The largest absolute Gasteiger partial charge is 0.359 e. The molecule has 2 unspecified atom stereocenters. The van der Waals surface area contributed by atoms with Gasteiger partial charge in [-0.2, -0.15) is 0 Å². The first kappa shape index (κ1) is 17.2. The van der Waals surface area contributed by atoms with E-state index in [2.05, 4.69) is 10.6 Å². The molecule has 0 aliphatic carbocycles. The number of nitrogens with zero attached hydrogens (tertiary/aromatic N) is 1. The second kappa shape index (κ2) is 7.84. The van der Waals surface area contributed by atoms with Gasteiger partial charge in [0.1, 0.15) is 0 Å². The average Bonchev–Trinajstić information content (AvgIpc) is 2.74. The maximum absolute atomic E-state index is 12.1. The molecular weight excluding hydrogens is 278 g/mol. The number of piperidine rings is 1. The summed E-state index contributed by atoms with van der Waals surface area (Å²) in [5, 5.41) is 6.17. The lowest BCUT2D eigenvalue weighted by Crippen LogP contribution is -2.40. The first-order chi connectivity index (χ1) is 9.08. The number of rotatable bonds is 5. The molecule has 0 aromatic rings. The van der Waals surface area contributed by atoms with Crippen molar-refractivity contribution in [1.82, 2.24) is 15.5 Å². The molecular formula is C14H26ClN3O2. The molecule has 20 heavy (non-hydrogen) atoms. The molecule has 2 saturated heterocycles. The van der Waals surface area contributed by atoms with Crippen LogP contribution >= 0.6 is 12.4 Å². The summed E-state index contributed by atoms with van der Waals surface area (Å²) in [6.07, 6.45) is 5.82. The van der Waals surface area contributed by atoms with Gasteiger partial charge in [0, 0.05) is 45.6 Å². The van der Waals surface area contributed by atoms with Crippen LogP contribution in [0.25, 0.3) is 0 Å². The number of carbonyl (C=O) groups excluding carboxylic acids is 2. The van der Waals surface area contributed by atoms with E-state index < -0.39 is 0 Å². The van der Waals surface area contributed by atoms with E-state index in [9.17, 15) is 9.59 Å². The van der Waals surface area contributed by atoms with E-state index in [0.717, 1.165) is 12.8 Å². The topological polar surface area (TPSA) is 61.4 Å².